The maximum absolute atomic E-state index is 8.81. The molecular weight excluding hydrogens is 172 g/mol. The molecule has 1 aromatic rings. The summed E-state index contributed by atoms with van der Waals surface area (Å²) in [6.45, 7) is 2.02. The SMILES string of the molecule is Cc1cc(C#N)cc(NC2CCC2)c1. The Morgan fingerprint density at radius 1 is 1.36 bits per heavy atom. The van der Waals surface area contributed by atoms with Crippen molar-refractivity contribution >= 4 is 5.69 Å². The highest BCUT2D eigenvalue weighted by molar-refractivity contribution is 5.52. The van der Waals surface area contributed by atoms with Crippen molar-refractivity contribution in [1.82, 2.24) is 0 Å². The van der Waals surface area contributed by atoms with Crippen LogP contribution in [0.25, 0.3) is 0 Å². The number of nitriles is 1. The molecule has 0 amide bonds. The molecule has 0 atom stereocenters. The number of nitrogens with one attached hydrogen (secondary N) is 1. The van der Waals surface area contributed by atoms with Gasteiger partial charge in [-0.15, -0.1) is 0 Å². The third kappa shape index (κ3) is 1.88. The van der Waals surface area contributed by atoms with Crippen molar-refractivity contribution in [2.45, 2.75) is 32.2 Å². The van der Waals surface area contributed by atoms with Gasteiger partial charge in [0.25, 0.3) is 0 Å². The van der Waals surface area contributed by atoms with E-state index in [0.717, 1.165) is 16.8 Å². The van der Waals surface area contributed by atoms with Crippen LogP contribution in [0.3, 0.4) is 0 Å². The quantitative estimate of drug-likeness (QED) is 0.770. The second-order valence-corrected chi connectivity index (χ2v) is 3.97. The summed E-state index contributed by atoms with van der Waals surface area (Å²) in [6, 6.07) is 8.73. The summed E-state index contributed by atoms with van der Waals surface area (Å²) in [7, 11) is 0. The van der Waals surface area contributed by atoms with Gasteiger partial charge in [0.15, 0.2) is 0 Å². The zero-order valence-corrected chi connectivity index (χ0v) is 8.38. The molecule has 1 N–H and O–H groups in total. The van der Waals surface area contributed by atoms with E-state index in [1.165, 1.54) is 19.3 Å². The summed E-state index contributed by atoms with van der Waals surface area (Å²) in [5, 5.41) is 12.3. The van der Waals surface area contributed by atoms with Crippen LogP contribution >= 0.6 is 0 Å². The van der Waals surface area contributed by atoms with Gasteiger partial charge in [-0.25, -0.2) is 0 Å². The zero-order chi connectivity index (χ0) is 9.97. The van der Waals surface area contributed by atoms with Crippen LogP contribution in [0.1, 0.15) is 30.4 Å². The molecule has 1 aliphatic rings. The molecule has 0 spiro atoms. The van der Waals surface area contributed by atoms with E-state index in [1.807, 2.05) is 19.1 Å². The molecule has 1 aliphatic carbocycles. The van der Waals surface area contributed by atoms with Crippen molar-refractivity contribution in [3.63, 3.8) is 0 Å². The molecule has 0 aliphatic heterocycles. The van der Waals surface area contributed by atoms with E-state index in [1.54, 1.807) is 0 Å². The van der Waals surface area contributed by atoms with Crippen LogP contribution in [-0.2, 0) is 0 Å². The average molecular weight is 186 g/mol. The van der Waals surface area contributed by atoms with Gasteiger partial charge in [0.2, 0.25) is 0 Å². The van der Waals surface area contributed by atoms with Gasteiger partial charge >= 0.3 is 0 Å². The molecule has 0 bridgehead atoms. The van der Waals surface area contributed by atoms with Crippen LogP contribution < -0.4 is 5.32 Å². The molecule has 2 heteroatoms. The number of rotatable bonds is 2. The van der Waals surface area contributed by atoms with Crippen molar-refractivity contribution in [2.75, 3.05) is 5.32 Å². The predicted octanol–water partition coefficient (Wildman–Crippen LogP) is 2.83. The van der Waals surface area contributed by atoms with Gasteiger partial charge in [-0.2, -0.15) is 5.26 Å². The lowest BCUT2D eigenvalue weighted by atomic mass is 9.93. The van der Waals surface area contributed by atoms with Crippen LogP contribution in [0.2, 0.25) is 0 Å². The van der Waals surface area contributed by atoms with E-state index in [-0.39, 0.29) is 0 Å². The highest BCUT2D eigenvalue weighted by atomic mass is 14.9. The lowest BCUT2D eigenvalue weighted by Crippen LogP contribution is -2.26. The van der Waals surface area contributed by atoms with Crippen LogP contribution in [-0.4, -0.2) is 6.04 Å². The van der Waals surface area contributed by atoms with Crippen molar-refractivity contribution in [2.24, 2.45) is 0 Å². The van der Waals surface area contributed by atoms with Crippen LogP contribution in [0.5, 0.6) is 0 Å². The number of anilines is 1. The Balaban J connectivity index is 2.16. The topological polar surface area (TPSA) is 35.8 Å². The fourth-order valence-corrected chi connectivity index (χ4v) is 1.72. The Hall–Kier alpha value is -1.49. The van der Waals surface area contributed by atoms with Crippen LogP contribution in [0, 0.1) is 18.3 Å². The molecule has 0 radical (unpaired) electrons. The third-order valence-corrected chi connectivity index (χ3v) is 2.68. The molecule has 1 saturated carbocycles. The monoisotopic (exact) mass is 186 g/mol. The lowest BCUT2D eigenvalue weighted by molar-refractivity contribution is 0.445. The average Bonchev–Trinajstić information content (AvgIpc) is 2.10. The fourth-order valence-electron chi connectivity index (χ4n) is 1.72. The standard InChI is InChI=1S/C12H14N2/c1-9-5-10(8-13)7-12(6-9)14-11-3-2-4-11/h5-7,11,14H,2-4H2,1H3. The van der Waals surface area contributed by atoms with Crippen molar-refractivity contribution < 1.29 is 0 Å². The number of hydrogen-bond acceptors (Lipinski definition) is 2. The molecule has 0 saturated heterocycles. The predicted molar refractivity (Wildman–Crippen MR) is 57.2 cm³/mol. The molecule has 14 heavy (non-hydrogen) atoms. The highest BCUT2D eigenvalue weighted by Gasteiger charge is 2.16. The minimum absolute atomic E-state index is 0.628. The second-order valence-electron chi connectivity index (χ2n) is 3.97. The summed E-state index contributed by atoms with van der Waals surface area (Å²) in [4.78, 5) is 0. The first-order valence-corrected chi connectivity index (χ1v) is 5.06. The first-order chi connectivity index (χ1) is 6.78. The van der Waals surface area contributed by atoms with Gasteiger partial charge in [0.1, 0.15) is 0 Å². The summed E-state index contributed by atoms with van der Waals surface area (Å²) >= 11 is 0. The van der Waals surface area contributed by atoms with E-state index in [2.05, 4.69) is 17.5 Å². The Morgan fingerprint density at radius 2 is 2.14 bits per heavy atom. The van der Waals surface area contributed by atoms with Crippen molar-refractivity contribution in [3.8, 4) is 6.07 Å². The highest BCUT2D eigenvalue weighted by Crippen LogP contribution is 2.24. The van der Waals surface area contributed by atoms with Gasteiger partial charge < -0.3 is 5.32 Å². The Morgan fingerprint density at radius 3 is 2.71 bits per heavy atom. The summed E-state index contributed by atoms with van der Waals surface area (Å²) in [6.07, 6.45) is 3.85. The van der Waals surface area contributed by atoms with E-state index in [4.69, 9.17) is 5.26 Å². The number of hydrogen-bond donors (Lipinski definition) is 1. The number of benzene rings is 1. The molecule has 0 heterocycles. The molecule has 72 valence electrons. The molecule has 1 fully saturated rings. The van der Waals surface area contributed by atoms with Gasteiger partial charge in [-0.1, -0.05) is 0 Å². The largest absolute Gasteiger partial charge is 0.382 e. The lowest BCUT2D eigenvalue weighted by Gasteiger charge is -2.27. The Kier molecular flexibility index (Phi) is 2.41. The Labute approximate surface area is 84.6 Å². The number of aryl methyl sites for hydroxylation is 1. The maximum Gasteiger partial charge on any atom is 0.0992 e. The number of nitrogens with zero attached hydrogens (tertiary/aromatic N) is 1. The molecule has 0 unspecified atom stereocenters. The van der Waals surface area contributed by atoms with Crippen molar-refractivity contribution in [3.05, 3.63) is 29.3 Å². The fraction of sp³-hybridized carbons (Fsp3) is 0.417. The van der Waals surface area contributed by atoms with E-state index in [9.17, 15) is 0 Å². The van der Waals surface area contributed by atoms with Crippen molar-refractivity contribution in [1.29, 1.82) is 5.26 Å². The molecule has 1 aromatic carbocycles. The van der Waals surface area contributed by atoms with Gasteiger partial charge in [-0.05, 0) is 49.9 Å². The molecule has 2 nitrogen and oxygen atoms in total. The van der Waals surface area contributed by atoms with E-state index >= 15 is 0 Å². The van der Waals surface area contributed by atoms with Gasteiger partial charge in [-0.3, -0.25) is 0 Å². The minimum atomic E-state index is 0.628. The smallest absolute Gasteiger partial charge is 0.0992 e. The van der Waals surface area contributed by atoms with E-state index < -0.39 is 0 Å². The molecule has 2 rings (SSSR count). The third-order valence-electron chi connectivity index (χ3n) is 2.68. The summed E-state index contributed by atoms with van der Waals surface area (Å²) in [5.41, 5.74) is 2.98. The minimum Gasteiger partial charge on any atom is -0.382 e. The Bertz CT molecular complexity index is 372. The van der Waals surface area contributed by atoms with Gasteiger partial charge in [0, 0.05) is 11.7 Å². The van der Waals surface area contributed by atoms with Crippen LogP contribution in [0.15, 0.2) is 18.2 Å². The molecule has 0 aromatic heterocycles. The van der Waals surface area contributed by atoms with Crippen LogP contribution in [0.4, 0.5) is 5.69 Å². The maximum atomic E-state index is 8.81. The van der Waals surface area contributed by atoms with Gasteiger partial charge in [0.05, 0.1) is 11.6 Å². The normalized spacial score (nSPS) is 15.7. The zero-order valence-electron chi connectivity index (χ0n) is 8.38. The first kappa shape index (κ1) is 9.08. The first-order valence-electron chi connectivity index (χ1n) is 5.06. The summed E-state index contributed by atoms with van der Waals surface area (Å²) in [5.74, 6) is 0. The van der Waals surface area contributed by atoms with E-state index in [0.29, 0.717) is 6.04 Å². The second kappa shape index (κ2) is 3.71. The molecular formula is C12H14N2. The summed E-state index contributed by atoms with van der Waals surface area (Å²) < 4.78 is 0.